The van der Waals surface area contributed by atoms with Gasteiger partial charge in [0.1, 0.15) is 0 Å². The third-order valence-electron chi connectivity index (χ3n) is 4.73. The summed E-state index contributed by atoms with van der Waals surface area (Å²) in [5.74, 6) is -0.711. The molecule has 1 saturated heterocycles. The third-order valence-corrected chi connectivity index (χ3v) is 4.73. The van der Waals surface area contributed by atoms with E-state index in [-0.39, 0.29) is 23.1 Å². The topological polar surface area (TPSA) is 49.9 Å². The molecule has 1 heterocycles. The molecule has 0 aromatic heterocycles. The summed E-state index contributed by atoms with van der Waals surface area (Å²) in [5, 5.41) is 0. The lowest BCUT2D eigenvalue weighted by Gasteiger charge is -2.22. The van der Waals surface area contributed by atoms with E-state index in [4.69, 9.17) is 4.74 Å². The van der Waals surface area contributed by atoms with Crippen LogP contribution in [0.15, 0.2) is 42.5 Å². The van der Waals surface area contributed by atoms with Crippen molar-refractivity contribution in [2.75, 3.05) is 33.3 Å². The molecule has 0 saturated carbocycles. The molecule has 1 aliphatic rings. The molecule has 0 N–H and O–H groups in total. The number of methoxy groups -OCH3 is 1. The molecule has 1 aliphatic heterocycles. The number of aryl methyl sites for hydroxylation is 1. The van der Waals surface area contributed by atoms with Crippen molar-refractivity contribution in [1.82, 2.24) is 9.80 Å². The molecule has 142 valence electrons. The van der Waals surface area contributed by atoms with Crippen LogP contribution in [0.2, 0.25) is 0 Å². The van der Waals surface area contributed by atoms with Crippen LogP contribution in [0.3, 0.4) is 0 Å². The van der Waals surface area contributed by atoms with Crippen molar-refractivity contribution in [3.05, 3.63) is 65.0 Å². The van der Waals surface area contributed by atoms with Crippen LogP contribution in [0.5, 0.6) is 5.75 Å². The first-order valence-corrected chi connectivity index (χ1v) is 8.98. The lowest BCUT2D eigenvalue weighted by atomic mass is 10.1. The van der Waals surface area contributed by atoms with Gasteiger partial charge >= 0.3 is 0 Å². The van der Waals surface area contributed by atoms with Crippen LogP contribution in [0.4, 0.5) is 4.39 Å². The minimum atomic E-state index is -0.561. The summed E-state index contributed by atoms with van der Waals surface area (Å²) in [6, 6.07) is 11.7. The zero-order valence-electron chi connectivity index (χ0n) is 15.6. The van der Waals surface area contributed by atoms with E-state index in [1.165, 1.54) is 19.2 Å². The fourth-order valence-electron chi connectivity index (χ4n) is 3.27. The first-order valence-electron chi connectivity index (χ1n) is 8.98. The molecule has 5 nitrogen and oxygen atoms in total. The Bertz CT molecular complexity index is 853. The van der Waals surface area contributed by atoms with Crippen molar-refractivity contribution in [2.45, 2.75) is 13.3 Å². The van der Waals surface area contributed by atoms with Crippen molar-refractivity contribution >= 4 is 11.8 Å². The van der Waals surface area contributed by atoms with Gasteiger partial charge in [0.2, 0.25) is 0 Å². The molecule has 0 bridgehead atoms. The zero-order chi connectivity index (χ0) is 19.4. The van der Waals surface area contributed by atoms with Gasteiger partial charge in [0.15, 0.2) is 11.6 Å². The average Bonchev–Trinajstić information content (AvgIpc) is 2.93. The molecule has 2 amide bonds. The van der Waals surface area contributed by atoms with Crippen LogP contribution in [-0.4, -0.2) is 54.9 Å². The van der Waals surface area contributed by atoms with Gasteiger partial charge in [-0.05, 0) is 43.7 Å². The van der Waals surface area contributed by atoms with Crippen LogP contribution < -0.4 is 4.74 Å². The van der Waals surface area contributed by atoms with E-state index in [0.29, 0.717) is 38.2 Å². The molecule has 0 spiro atoms. The second kappa shape index (κ2) is 8.20. The summed E-state index contributed by atoms with van der Waals surface area (Å²) in [6.45, 7) is 3.95. The van der Waals surface area contributed by atoms with Gasteiger partial charge in [-0.2, -0.15) is 0 Å². The van der Waals surface area contributed by atoms with E-state index < -0.39 is 5.82 Å². The monoisotopic (exact) mass is 370 g/mol. The standard InChI is InChI=1S/C21H23FN2O3/c1-15-5-3-6-16(13-15)20(25)23-9-4-10-24(12-11-23)21(26)17-7-8-19(27-2)18(22)14-17/h3,5-8,13-14H,4,9-12H2,1-2H3. The summed E-state index contributed by atoms with van der Waals surface area (Å²) in [5.41, 5.74) is 1.98. The van der Waals surface area contributed by atoms with Gasteiger partial charge in [0.25, 0.3) is 11.8 Å². The van der Waals surface area contributed by atoms with Crippen molar-refractivity contribution in [3.63, 3.8) is 0 Å². The number of carbonyl (C=O) groups excluding carboxylic acids is 2. The molecular formula is C21H23FN2O3. The van der Waals surface area contributed by atoms with E-state index >= 15 is 0 Å². The normalized spacial score (nSPS) is 14.6. The van der Waals surface area contributed by atoms with Crippen LogP contribution in [-0.2, 0) is 0 Å². The Hall–Kier alpha value is -2.89. The maximum Gasteiger partial charge on any atom is 0.254 e. The second-order valence-electron chi connectivity index (χ2n) is 6.66. The highest BCUT2D eigenvalue weighted by Crippen LogP contribution is 2.19. The smallest absolute Gasteiger partial charge is 0.254 e. The van der Waals surface area contributed by atoms with Gasteiger partial charge in [0, 0.05) is 37.3 Å². The van der Waals surface area contributed by atoms with Gasteiger partial charge in [-0.3, -0.25) is 9.59 Å². The predicted octanol–water partition coefficient (Wildman–Crippen LogP) is 3.13. The van der Waals surface area contributed by atoms with Crippen molar-refractivity contribution in [3.8, 4) is 5.75 Å². The number of benzene rings is 2. The highest BCUT2D eigenvalue weighted by atomic mass is 19.1. The van der Waals surface area contributed by atoms with E-state index in [9.17, 15) is 14.0 Å². The van der Waals surface area contributed by atoms with Gasteiger partial charge < -0.3 is 14.5 Å². The maximum absolute atomic E-state index is 13.9. The maximum atomic E-state index is 13.9. The summed E-state index contributed by atoms with van der Waals surface area (Å²) in [4.78, 5) is 28.9. The van der Waals surface area contributed by atoms with Gasteiger partial charge in [0.05, 0.1) is 7.11 Å². The summed E-state index contributed by atoms with van der Waals surface area (Å²) in [7, 11) is 1.38. The van der Waals surface area contributed by atoms with Crippen molar-refractivity contribution in [2.24, 2.45) is 0 Å². The van der Waals surface area contributed by atoms with E-state index in [0.717, 1.165) is 5.56 Å². The number of nitrogens with zero attached hydrogens (tertiary/aromatic N) is 2. The number of ether oxygens (including phenoxy) is 1. The number of hydrogen-bond acceptors (Lipinski definition) is 3. The van der Waals surface area contributed by atoms with E-state index in [1.54, 1.807) is 15.9 Å². The number of halogens is 1. The highest BCUT2D eigenvalue weighted by Gasteiger charge is 2.24. The van der Waals surface area contributed by atoms with E-state index in [1.807, 2.05) is 31.2 Å². The van der Waals surface area contributed by atoms with Gasteiger partial charge in [-0.25, -0.2) is 4.39 Å². The number of rotatable bonds is 3. The van der Waals surface area contributed by atoms with E-state index in [2.05, 4.69) is 0 Å². The first-order chi connectivity index (χ1) is 13.0. The molecule has 0 atom stereocenters. The Labute approximate surface area is 158 Å². The zero-order valence-corrected chi connectivity index (χ0v) is 15.6. The molecule has 2 aromatic rings. The molecule has 0 aliphatic carbocycles. The van der Waals surface area contributed by atoms with Crippen LogP contribution >= 0.6 is 0 Å². The molecule has 0 radical (unpaired) electrons. The Morgan fingerprint density at radius 1 is 0.926 bits per heavy atom. The molecule has 0 unspecified atom stereocenters. The molecule has 27 heavy (non-hydrogen) atoms. The second-order valence-corrected chi connectivity index (χ2v) is 6.66. The Morgan fingerprint density at radius 2 is 1.56 bits per heavy atom. The molecule has 6 heteroatoms. The third kappa shape index (κ3) is 4.27. The molecule has 3 rings (SSSR count). The van der Waals surface area contributed by atoms with Gasteiger partial charge in [-0.15, -0.1) is 0 Å². The fourth-order valence-corrected chi connectivity index (χ4v) is 3.27. The molecule has 2 aromatic carbocycles. The summed E-state index contributed by atoms with van der Waals surface area (Å²) >= 11 is 0. The van der Waals surface area contributed by atoms with Gasteiger partial charge in [-0.1, -0.05) is 17.7 Å². The van der Waals surface area contributed by atoms with Crippen molar-refractivity contribution in [1.29, 1.82) is 0 Å². The van der Waals surface area contributed by atoms with Crippen LogP contribution in [0.1, 0.15) is 32.7 Å². The number of carbonyl (C=O) groups is 2. The summed E-state index contributed by atoms with van der Waals surface area (Å²) in [6.07, 6.45) is 0.682. The largest absolute Gasteiger partial charge is 0.494 e. The predicted molar refractivity (Wildman–Crippen MR) is 101 cm³/mol. The quantitative estimate of drug-likeness (QED) is 0.834. The highest BCUT2D eigenvalue weighted by molar-refractivity contribution is 5.95. The lowest BCUT2D eigenvalue weighted by Crippen LogP contribution is -2.37. The first kappa shape index (κ1) is 18.9. The number of hydrogen-bond donors (Lipinski definition) is 0. The minimum Gasteiger partial charge on any atom is -0.494 e. The SMILES string of the molecule is COc1ccc(C(=O)N2CCCN(C(=O)c3cccc(C)c3)CC2)cc1F. The molecular weight excluding hydrogens is 347 g/mol. The summed E-state index contributed by atoms with van der Waals surface area (Å²) < 4.78 is 18.8. The average molecular weight is 370 g/mol. The Balaban J connectivity index is 1.68. The van der Waals surface area contributed by atoms with Crippen LogP contribution in [0, 0.1) is 12.7 Å². The lowest BCUT2D eigenvalue weighted by molar-refractivity contribution is 0.0718. The Kier molecular flexibility index (Phi) is 5.74. The number of amides is 2. The molecule has 1 fully saturated rings. The fraction of sp³-hybridized carbons (Fsp3) is 0.333. The minimum absolute atomic E-state index is 0.0245. The van der Waals surface area contributed by atoms with Crippen LogP contribution in [0.25, 0.3) is 0 Å². The van der Waals surface area contributed by atoms with Crippen molar-refractivity contribution < 1.29 is 18.7 Å². The Morgan fingerprint density at radius 3 is 2.11 bits per heavy atom.